The Labute approximate surface area is 138 Å². The minimum atomic E-state index is -4.16. The third-order valence-corrected chi connectivity index (χ3v) is 3.73. The summed E-state index contributed by atoms with van der Waals surface area (Å²) in [6, 6.07) is 5.36. The predicted molar refractivity (Wildman–Crippen MR) is 84.4 cm³/mol. The van der Waals surface area contributed by atoms with Crippen LogP contribution >= 0.6 is 0 Å². The first kappa shape index (κ1) is 16.6. The Morgan fingerprint density at radius 3 is 2.54 bits per heavy atom. The van der Waals surface area contributed by atoms with E-state index in [2.05, 4.69) is 20.3 Å². The van der Waals surface area contributed by atoms with Crippen molar-refractivity contribution in [2.45, 2.75) is 25.1 Å². The number of pyridine rings is 1. The van der Waals surface area contributed by atoms with Crippen LogP contribution in [0.3, 0.4) is 0 Å². The molecule has 1 N–H and O–H groups in total. The number of halogens is 3. The molecule has 24 heavy (non-hydrogen) atoms. The molecule has 2 heterocycles. The number of nitrogens with zero attached hydrogens (tertiary/aromatic N) is 4. The van der Waals surface area contributed by atoms with Gasteiger partial charge in [0.15, 0.2) is 5.82 Å². The highest BCUT2D eigenvalue weighted by atomic mass is 19.4. The summed E-state index contributed by atoms with van der Waals surface area (Å²) in [6.07, 6.45) is 2.44. The van der Waals surface area contributed by atoms with Gasteiger partial charge >= 0.3 is 6.18 Å². The first-order valence-corrected chi connectivity index (χ1v) is 7.79. The minimum Gasteiger partial charge on any atom is -0.384 e. The van der Waals surface area contributed by atoms with Crippen molar-refractivity contribution >= 4 is 5.69 Å². The van der Waals surface area contributed by atoms with Gasteiger partial charge < -0.3 is 5.32 Å². The number of anilines is 1. The molecular weight excluding hydrogens is 319 g/mol. The van der Waals surface area contributed by atoms with Crippen LogP contribution < -0.4 is 5.32 Å². The Morgan fingerprint density at radius 1 is 1.12 bits per heavy atom. The van der Waals surface area contributed by atoms with Crippen molar-refractivity contribution in [1.29, 1.82) is 0 Å². The normalized spacial score (nSPS) is 14.8. The van der Waals surface area contributed by atoms with Crippen molar-refractivity contribution in [3.63, 3.8) is 0 Å². The van der Waals surface area contributed by atoms with E-state index in [0.717, 1.165) is 18.5 Å². The van der Waals surface area contributed by atoms with Gasteiger partial charge in [-0.3, -0.25) is 9.88 Å². The average molecular weight is 337 g/mol. The Morgan fingerprint density at radius 2 is 1.88 bits per heavy atom. The lowest BCUT2D eigenvalue weighted by Gasteiger charge is -2.23. The van der Waals surface area contributed by atoms with Gasteiger partial charge in [0.25, 0.3) is 0 Å². The van der Waals surface area contributed by atoms with Gasteiger partial charge in [-0.2, -0.15) is 13.2 Å². The maximum Gasteiger partial charge on any atom is 0.401 e. The first-order chi connectivity index (χ1) is 11.5. The van der Waals surface area contributed by atoms with Crippen molar-refractivity contribution in [1.82, 2.24) is 19.9 Å². The van der Waals surface area contributed by atoms with Gasteiger partial charge in [0, 0.05) is 43.4 Å². The molecule has 1 saturated carbocycles. The zero-order chi connectivity index (χ0) is 17.0. The Balaban J connectivity index is 1.56. The standard InChI is InChI=1S/C16H18F3N5/c17-16(18,19)11-24(13-2-3-13)9-8-20-12-4-7-21-14(10-12)15-22-5-1-6-23-15/h1,4-7,10,13H,2-3,8-9,11H2,(H,20,21). The number of hydrogen-bond donors (Lipinski definition) is 1. The van der Waals surface area contributed by atoms with E-state index in [1.165, 1.54) is 4.90 Å². The van der Waals surface area contributed by atoms with E-state index in [1.54, 1.807) is 36.8 Å². The van der Waals surface area contributed by atoms with Gasteiger partial charge in [0.2, 0.25) is 0 Å². The molecule has 0 atom stereocenters. The summed E-state index contributed by atoms with van der Waals surface area (Å²) < 4.78 is 37.8. The number of alkyl halides is 3. The Kier molecular flexibility index (Phi) is 4.94. The molecular formula is C16H18F3N5. The molecule has 0 unspecified atom stereocenters. The fourth-order valence-corrected chi connectivity index (χ4v) is 2.50. The van der Waals surface area contributed by atoms with Crippen LogP contribution in [0, 0.1) is 0 Å². The van der Waals surface area contributed by atoms with Gasteiger partial charge in [-0.05, 0) is 31.0 Å². The summed E-state index contributed by atoms with van der Waals surface area (Å²) >= 11 is 0. The smallest absolute Gasteiger partial charge is 0.384 e. The number of aromatic nitrogens is 3. The molecule has 2 aromatic rings. The molecule has 0 radical (unpaired) electrons. The summed E-state index contributed by atoms with van der Waals surface area (Å²) in [7, 11) is 0. The number of rotatable bonds is 7. The summed E-state index contributed by atoms with van der Waals surface area (Å²) in [4.78, 5) is 14.0. The molecule has 5 nitrogen and oxygen atoms in total. The monoisotopic (exact) mass is 337 g/mol. The summed E-state index contributed by atoms with van der Waals surface area (Å²) in [5.41, 5.74) is 1.41. The van der Waals surface area contributed by atoms with Crippen LogP contribution in [0.5, 0.6) is 0 Å². The lowest BCUT2D eigenvalue weighted by Crippen LogP contribution is -2.38. The lowest BCUT2D eigenvalue weighted by molar-refractivity contribution is -0.146. The molecule has 1 aliphatic carbocycles. The van der Waals surface area contributed by atoms with Crippen LogP contribution in [0.2, 0.25) is 0 Å². The van der Waals surface area contributed by atoms with E-state index in [9.17, 15) is 13.2 Å². The predicted octanol–water partition coefficient (Wildman–Crippen LogP) is 2.98. The topological polar surface area (TPSA) is 53.9 Å². The van der Waals surface area contributed by atoms with Crippen LogP contribution in [0.15, 0.2) is 36.8 Å². The number of nitrogens with one attached hydrogen (secondary N) is 1. The zero-order valence-corrected chi connectivity index (χ0v) is 13.0. The Hall–Kier alpha value is -2.22. The van der Waals surface area contributed by atoms with Gasteiger partial charge in [-0.25, -0.2) is 9.97 Å². The average Bonchev–Trinajstić information content (AvgIpc) is 3.39. The maximum absolute atomic E-state index is 12.6. The van der Waals surface area contributed by atoms with Crippen LogP contribution in [-0.4, -0.2) is 51.7 Å². The summed E-state index contributed by atoms with van der Waals surface area (Å²) in [5.74, 6) is 0.512. The van der Waals surface area contributed by atoms with Crippen molar-refractivity contribution in [3.8, 4) is 11.5 Å². The van der Waals surface area contributed by atoms with Crippen molar-refractivity contribution in [2.24, 2.45) is 0 Å². The third kappa shape index (κ3) is 4.89. The van der Waals surface area contributed by atoms with Crippen molar-refractivity contribution < 1.29 is 13.2 Å². The van der Waals surface area contributed by atoms with E-state index >= 15 is 0 Å². The molecule has 0 amide bonds. The van der Waals surface area contributed by atoms with Crippen LogP contribution in [0.4, 0.5) is 18.9 Å². The largest absolute Gasteiger partial charge is 0.401 e. The molecule has 0 saturated heterocycles. The molecule has 0 aromatic carbocycles. The Bertz CT molecular complexity index is 658. The highest BCUT2D eigenvalue weighted by molar-refractivity contribution is 5.57. The maximum atomic E-state index is 12.6. The molecule has 128 valence electrons. The second-order valence-corrected chi connectivity index (χ2v) is 5.75. The highest BCUT2D eigenvalue weighted by Crippen LogP contribution is 2.29. The molecule has 0 bridgehead atoms. The van der Waals surface area contributed by atoms with E-state index in [-0.39, 0.29) is 6.04 Å². The second kappa shape index (κ2) is 7.12. The third-order valence-electron chi connectivity index (χ3n) is 3.73. The van der Waals surface area contributed by atoms with Gasteiger partial charge in [0.05, 0.1) is 6.54 Å². The molecule has 1 aliphatic rings. The molecule has 0 aliphatic heterocycles. The van der Waals surface area contributed by atoms with E-state index < -0.39 is 12.7 Å². The van der Waals surface area contributed by atoms with Crippen molar-refractivity contribution in [2.75, 3.05) is 25.0 Å². The SMILES string of the molecule is FC(F)(F)CN(CCNc1ccnc(-c2ncccn2)c1)C1CC1. The number of hydrogen-bond acceptors (Lipinski definition) is 5. The zero-order valence-electron chi connectivity index (χ0n) is 13.0. The molecule has 3 rings (SSSR count). The molecule has 0 spiro atoms. The summed E-state index contributed by atoms with van der Waals surface area (Å²) in [6.45, 7) is -0.0614. The fraction of sp³-hybridized carbons (Fsp3) is 0.438. The molecule has 2 aromatic heterocycles. The van der Waals surface area contributed by atoms with Gasteiger partial charge in [-0.15, -0.1) is 0 Å². The van der Waals surface area contributed by atoms with Crippen LogP contribution in [-0.2, 0) is 0 Å². The van der Waals surface area contributed by atoms with Crippen LogP contribution in [0.1, 0.15) is 12.8 Å². The highest BCUT2D eigenvalue weighted by Gasteiger charge is 2.37. The van der Waals surface area contributed by atoms with E-state index in [1.807, 2.05) is 0 Å². The van der Waals surface area contributed by atoms with Gasteiger partial charge in [-0.1, -0.05) is 0 Å². The molecule has 1 fully saturated rings. The van der Waals surface area contributed by atoms with Gasteiger partial charge in [0.1, 0.15) is 5.69 Å². The fourth-order valence-electron chi connectivity index (χ4n) is 2.50. The van der Waals surface area contributed by atoms with Crippen molar-refractivity contribution in [3.05, 3.63) is 36.8 Å². The first-order valence-electron chi connectivity index (χ1n) is 7.79. The van der Waals surface area contributed by atoms with E-state index in [4.69, 9.17) is 0 Å². The van der Waals surface area contributed by atoms with Crippen LogP contribution in [0.25, 0.3) is 11.5 Å². The minimum absolute atomic E-state index is 0.0687. The lowest BCUT2D eigenvalue weighted by atomic mass is 10.3. The quantitative estimate of drug-likeness (QED) is 0.842. The summed E-state index contributed by atoms with van der Waals surface area (Å²) in [5, 5.41) is 3.15. The second-order valence-electron chi connectivity index (χ2n) is 5.75. The van der Waals surface area contributed by atoms with E-state index in [0.29, 0.717) is 24.6 Å². The molecule has 8 heteroatoms.